The topological polar surface area (TPSA) is 46.2 Å². The monoisotopic (exact) mass is 552 g/mol. The van der Waals surface area contributed by atoms with E-state index in [1.807, 2.05) is 0 Å². The number of ether oxygens (including phenoxy) is 1. The Balaban J connectivity index is 1.26. The van der Waals surface area contributed by atoms with E-state index in [2.05, 4.69) is 128 Å². The van der Waals surface area contributed by atoms with E-state index in [1.54, 1.807) is 7.11 Å². The van der Waals surface area contributed by atoms with E-state index >= 15 is 0 Å². The average Bonchev–Trinajstić information content (AvgIpc) is 3.56. The Hall–Kier alpha value is -2.57. The zero-order valence-electron chi connectivity index (χ0n) is 25.9. The fourth-order valence-corrected chi connectivity index (χ4v) is 6.09. The largest absolute Gasteiger partial charge is 0.497 e. The zero-order valence-corrected chi connectivity index (χ0v) is 25.9. The number of hydrogen-bond acceptors (Lipinski definition) is 5. The van der Waals surface area contributed by atoms with Gasteiger partial charge < -0.3 is 23.4 Å². The molecule has 3 fully saturated rings. The molecule has 0 radical (unpaired) electrons. The lowest BCUT2D eigenvalue weighted by molar-refractivity contribution is 0.00578. The van der Waals surface area contributed by atoms with Crippen LogP contribution in [0.15, 0.2) is 72.8 Å². The lowest BCUT2D eigenvalue weighted by atomic mass is 9.78. The highest BCUT2D eigenvalue weighted by Gasteiger charge is 2.55. The zero-order chi connectivity index (χ0) is 29.4. The molecule has 41 heavy (non-hydrogen) atoms. The Morgan fingerprint density at radius 2 is 0.732 bits per heavy atom. The van der Waals surface area contributed by atoms with Crippen LogP contribution in [0.5, 0.6) is 5.75 Å². The molecule has 2 aliphatic heterocycles. The molecule has 0 N–H and O–H groups in total. The smallest absolute Gasteiger partial charge is 0.494 e. The summed E-state index contributed by atoms with van der Waals surface area (Å²) in [7, 11) is 0.994. The maximum Gasteiger partial charge on any atom is 0.494 e. The number of methoxy groups -OCH3 is 1. The minimum absolute atomic E-state index is 0.357. The molecule has 1 saturated carbocycles. The Kier molecular flexibility index (Phi) is 6.78. The first-order valence-electron chi connectivity index (χ1n) is 14.8. The summed E-state index contributed by atoms with van der Waals surface area (Å²) in [6.45, 7) is 16.7. The average molecular weight is 552 g/mol. The number of benzene rings is 3. The van der Waals surface area contributed by atoms with Gasteiger partial charge in [-0.1, -0.05) is 60.7 Å². The Morgan fingerprint density at radius 1 is 0.463 bits per heavy atom. The van der Waals surface area contributed by atoms with E-state index in [1.165, 1.54) is 16.7 Å². The third-order valence-electron chi connectivity index (χ3n) is 10.2. The second kappa shape index (κ2) is 9.74. The summed E-state index contributed by atoms with van der Waals surface area (Å²) in [4.78, 5) is 0. The molecule has 2 heterocycles. The summed E-state index contributed by atoms with van der Waals surface area (Å²) in [6.07, 6.45) is 0. The highest BCUT2D eigenvalue weighted by molar-refractivity contribution is 6.62. The van der Waals surface area contributed by atoms with Gasteiger partial charge in [-0.25, -0.2) is 0 Å². The molecule has 2 atom stereocenters. The van der Waals surface area contributed by atoms with Gasteiger partial charge in [0.2, 0.25) is 0 Å². The summed E-state index contributed by atoms with van der Waals surface area (Å²) in [5.74, 6) is 2.00. The van der Waals surface area contributed by atoms with Crippen LogP contribution in [0.1, 0.15) is 89.8 Å². The molecule has 5 nitrogen and oxygen atoms in total. The van der Waals surface area contributed by atoms with Crippen molar-refractivity contribution in [1.29, 1.82) is 0 Å². The van der Waals surface area contributed by atoms with E-state index in [0.717, 1.165) is 16.7 Å². The maximum absolute atomic E-state index is 6.29. The predicted octanol–water partition coefficient (Wildman–Crippen LogP) is 5.96. The predicted molar refractivity (Wildman–Crippen MR) is 166 cm³/mol. The Bertz CT molecular complexity index is 1280. The minimum atomic E-state index is -0.358. The summed E-state index contributed by atoms with van der Waals surface area (Å²) < 4.78 is 30.6. The fourth-order valence-electron chi connectivity index (χ4n) is 6.09. The summed E-state index contributed by atoms with van der Waals surface area (Å²) in [6, 6.07) is 26.2. The highest BCUT2D eigenvalue weighted by Crippen LogP contribution is 2.66. The Morgan fingerprint density at radius 3 is 1.00 bits per heavy atom. The molecule has 1 aliphatic carbocycles. The molecule has 0 bridgehead atoms. The molecule has 7 heteroatoms. The van der Waals surface area contributed by atoms with Crippen LogP contribution in [0.2, 0.25) is 0 Å². The van der Waals surface area contributed by atoms with Crippen molar-refractivity contribution < 1.29 is 23.4 Å². The van der Waals surface area contributed by atoms with Crippen LogP contribution >= 0.6 is 0 Å². The maximum atomic E-state index is 6.29. The van der Waals surface area contributed by atoms with Gasteiger partial charge in [0.1, 0.15) is 5.75 Å². The third kappa shape index (κ3) is 4.95. The lowest BCUT2D eigenvalue weighted by Crippen LogP contribution is -2.41. The van der Waals surface area contributed by atoms with Crippen LogP contribution in [0.3, 0.4) is 0 Å². The van der Waals surface area contributed by atoms with E-state index in [0.29, 0.717) is 17.8 Å². The SMILES string of the molecule is COc1ccc(C2C(c3ccc(B4OC(C)(C)C(C)(C)O4)cc3)C2c2ccc(B3OC(C)(C)C(C)(C)O3)cc2)cc1. The highest BCUT2D eigenvalue weighted by atomic mass is 16.7. The van der Waals surface area contributed by atoms with E-state index in [4.69, 9.17) is 23.4 Å². The lowest BCUT2D eigenvalue weighted by Gasteiger charge is -2.32. The van der Waals surface area contributed by atoms with Crippen LogP contribution in [0, 0.1) is 0 Å². The molecule has 0 spiro atoms. The second-order valence-corrected chi connectivity index (χ2v) is 13.9. The van der Waals surface area contributed by atoms with Gasteiger partial charge in [-0.15, -0.1) is 0 Å². The van der Waals surface area contributed by atoms with Gasteiger partial charge >= 0.3 is 14.2 Å². The molecular weight excluding hydrogens is 510 g/mol. The molecular formula is C34H42B2O5. The molecule has 0 amide bonds. The Labute approximate surface area is 246 Å². The molecule has 214 valence electrons. The van der Waals surface area contributed by atoms with Crippen molar-refractivity contribution in [3.05, 3.63) is 89.5 Å². The van der Waals surface area contributed by atoms with Gasteiger partial charge in [0.15, 0.2) is 0 Å². The van der Waals surface area contributed by atoms with Crippen LogP contribution < -0.4 is 15.7 Å². The fraction of sp³-hybridized carbons (Fsp3) is 0.471. The normalized spacial score (nSPS) is 27.2. The number of hydrogen-bond donors (Lipinski definition) is 0. The van der Waals surface area contributed by atoms with E-state index in [-0.39, 0.29) is 36.6 Å². The molecule has 3 aromatic rings. The van der Waals surface area contributed by atoms with Crippen LogP contribution in [-0.2, 0) is 18.6 Å². The minimum Gasteiger partial charge on any atom is -0.497 e. The van der Waals surface area contributed by atoms with Crippen LogP contribution in [0.25, 0.3) is 0 Å². The summed E-state index contributed by atoms with van der Waals surface area (Å²) >= 11 is 0. The third-order valence-corrected chi connectivity index (χ3v) is 10.2. The van der Waals surface area contributed by atoms with Crippen molar-refractivity contribution in [2.45, 2.75) is 95.5 Å². The molecule has 0 aromatic heterocycles. The molecule has 6 rings (SSSR count). The van der Waals surface area contributed by atoms with Gasteiger partial charge in [-0.05, 0) is 113 Å². The van der Waals surface area contributed by atoms with E-state index < -0.39 is 0 Å². The van der Waals surface area contributed by atoms with Gasteiger partial charge in [0.05, 0.1) is 29.5 Å². The van der Waals surface area contributed by atoms with E-state index in [9.17, 15) is 0 Å². The van der Waals surface area contributed by atoms with Crippen molar-refractivity contribution in [1.82, 2.24) is 0 Å². The van der Waals surface area contributed by atoms with Crippen molar-refractivity contribution in [2.75, 3.05) is 7.11 Å². The van der Waals surface area contributed by atoms with Crippen molar-refractivity contribution >= 4 is 25.2 Å². The standard InChI is InChI=1S/C34H42B2O5/c1-31(2)32(3,4)39-35(38-31)25-16-10-22(11-17-25)28-29(30(28)24-14-20-27(37-9)21-15-24)23-12-18-26(19-13-23)36-40-33(5,6)34(7,8)41-36/h10-21,28-30H,1-9H3. The molecule has 2 saturated heterocycles. The van der Waals surface area contributed by atoms with Crippen molar-refractivity contribution in [2.24, 2.45) is 0 Å². The van der Waals surface area contributed by atoms with Gasteiger partial charge in [0, 0.05) is 0 Å². The van der Waals surface area contributed by atoms with Crippen LogP contribution in [0.4, 0.5) is 0 Å². The van der Waals surface area contributed by atoms with Crippen molar-refractivity contribution in [3.8, 4) is 5.75 Å². The molecule has 3 aliphatic rings. The van der Waals surface area contributed by atoms with Gasteiger partial charge in [-0.2, -0.15) is 0 Å². The first kappa shape index (κ1) is 28.5. The van der Waals surface area contributed by atoms with Crippen LogP contribution in [-0.4, -0.2) is 43.8 Å². The summed E-state index contributed by atoms with van der Waals surface area (Å²) in [5.41, 5.74) is 4.65. The first-order chi connectivity index (χ1) is 19.2. The van der Waals surface area contributed by atoms with Crippen molar-refractivity contribution in [3.63, 3.8) is 0 Å². The van der Waals surface area contributed by atoms with Gasteiger partial charge in [0.25, 0.3) is 0 Å². The second-order valence-electron chi connectivity index (χ2n) is 13.9. The molecule has 3 aromatic carbocycles. The first-order valence-corrected chi connectivity index (χ1v) is 14.8. The quantitative estimate of drug-likeness (QED) is 0.354. The number of rotatable bonds is 6. The molecule has 2 unspecified atom stereocenters. The summed E-state index contributed by atoms with van der Waals surface area (Å²) in [5, 5.41) is 0. The van der Waals surface area contributed by atoms with Gasteiger partial charge in [-0.3, -0.25) is 0 Å².